The molecule has 1 saturated heterocycles. The molecule has 2 aromatic carbocycles. The SMILES string of the molecule is COc1cc(N)c(Cl)cc1C(=O)NCC1CN(Cc2ccc(Cl)cc2)CCO1.O=C(O)/C=C/C(=O)O.O=C(O)/C=C/C(=O)O. The topological polar surface area (TPSA) is 226 Å². The second-order valence-corrected chi connectivity index (χ2v) is 9.50. The van der Waals surface area contributed by atoms with Crippen LogP contribution in [0, 0.1) is 0 Å². The fourth-order valence-electron chi connectivity index (χ4n) is 3.40. The van der Waals surface area contributed by atoms with Gasteiger partial charge in [-0.3, -0.25) is 9.69 Å². The van der Waals surface area contributed by atoms with Crippen LogP contribution in [0.5, 0.6) is 5.75 Å². The van der Waals surface area contributed by atoms with Gasteiger partial charge in [0.25, 0.3) is 5.91 Å². The van der Waals surface area contributed by atoms with Crippen LogP contribution < -0.4 is 15.8 Å². The Morgan fingerprint density at radius 2 is 1.48 bits per heavy atom. The van der Waals surface area contributed by atoms with Crippen molar-refractivity contribution in [3.05, 3.63) is 81.9 Å². The van der Waals surface area contributed by atoms with Crippen molar-refractivity contribution in [1.29, 1.82) is 0 Å². The lowest BCUT2D eigenvalue weighted by atomic mass is 10.1. The van der Waals surface area contributed by atoms with Crippen LogP contribution in [0.25, 0.3) is 0 Å². The van der Waals surface area contributed by atoms with E-state index in [1.165, 1.54) is 18.7 Å². The number of anilines is 1. The molecule has 0 saturated carbocycles. The van der Waals surface area contributed by atoms with Crippen molar-refractivity contribution in [2.24, 2.45) is 0 Å². The second-order valence-electron chi connectivity index (χ2n) is 8.66. The summed E-state index contributed by atoms with van der Waals surface area (Å²) in [6, 6.07) is 10.9. The summed E-state index contributed by atoms with van der Waals surface area (Å²) < 4.78 is 11.0. The molecule has 0 aliphatic carbocycles. The van der Waals surface area contributed by atoms with Crippen molar-refractivity contribution < 1.29 is 53.9 Å². The van der Waals surface area contributed by atoms with E-state index in [0.29, 0.717) is 59.5 Å². The first-order valence-corrected chi connectivity index (χ1v) is 13.2. The minimum Gasteiger partial charge on any atom is -0.496 e. The predicted molar refractivity (Wildman–Crippen MR) is 160 cm³/mol. The number of nitrogens with zero attached hydrogens (tertiary/aromatic N) is 1. The monoisotopic (exact) mass is 655 g/mol. The summed E-state index contributed by atoms with van der Waals surface area (Å²) in [6.07, 6.45) is 2.13. The Balaban J connectivity index is 0.000000498. The first-order valence-electron chi connectivity index (χ1n) is 12.5. The van der Waals surface area contributed by atoms with Gasteiger partial charge in [-0.1, -0.05) is 35.3 Å². The van der Waals surface area contributed by atoms with Gasteiger partial charge >= 0.3 is 23.9 Å². The Labute approximate surface area is 261 Å². The molecule has 16 heteroatoms. The van der Waals surface area contributed by atoms with Gasteiger partial charge in [-0.15, -0.1) is 0 Å². The summed E-state index contributed by atoms with van der Waals surface area (Å²) in [6.45, 7) is 3.38. The lowest BCUT2D eigenvalue weighted by Gasteiger charge is -2.33. The molecule has 2 aromatic rings. The zero-order chi connectivity index (χ0) is 33.2. The number of methoxy groups -OCH3 is 1. The van der Waals surface area contributed by atoms with E-state index < -0.39 is 23.9 Å². The molecule has 1 aliphatic heterocycles. The minimum absolute atomic E-state index is 0.0970. The van der Waals surface area contributed by atoms with Crippen molar-refractivity contribution in [2.45, 2.75) is 12.6 Å². The number of nitrogens with two attached hydrogens (primary N) is 1. The highest BCUT2D eigenvalue weighted by atomic mass is 35.5. The molecule has 0 spiro atoms. The first-order chi connectivity index (χ1) is 20.7. The fourth-order valence-corrected chi connectivity index (χ4v) is 3.69. The maximum Gasteiger partial charge on any atom is 0.328 e. The van der Waals surface area contributed by atoms with Crippen LogP contribution in [0.15, 0.2) is 60.7 Å². The summed E-state index contributed by atoms with van der Waals surface area (Å²) in [5, 5.41) is 35.2. The molecule has 44 heavy (non-hydrogen) atoms. The maximum atomic E-state index is 12.6. The molecular formula is C28H31Cl2N3O11. The minimum atomic E-state index is -1.26. The molecule has 0 bridgehead atoms. The third-order valence-corrected chi connectivity index (χ3v) is 5.91. The summed E-state index contributed by atoms with van der Waals surface area (Å²) in [5.41, 5.74) is 7.66. The molecule has 238 valence electrons. The molecule has 1 fully saturated rings. The number of rotatable bonds is 10. The van der Waals surface area contributed by atoms with E-state index in [1.54, 1.807) is 6.07 Å². The number of morpholine rings is 1. The lowest BCUT2D eigenvalue weighted by Crippen LogP contribution is -2.47. The van der Waals surface area contributed by atoms with Gasteiger partial charge in [0.05, 0.1) is 36.1 Å². The molecule has 14 nitrogen and oxygen atoms in total. The Kier molecular flexibility index (Phi) is 16.6. The molecule has 0 radical (unpaired) electrons. The number of carbonyl (C=O) groups excluding carboxylic acids is 1. The number of halogens is 2. The van der Waals surface area contributed by atoms with Gasteiger partial charge in [0.15, 0.2) is 0 Å². The number of carbonyl (C=O) groups is 5. The summed E-state index contributed by atoms with van der Waals surface area (Å²) >= 11 is 12.0. The number of aliphatic carboxylic acids is 4. The van der Waals surface area contributed by atoms with Crippen LogP contribution in [-0.4, -0.2) is 94.6 Å². The van der Waals surface area contributed by atoms with Crippen molar-refractivity contribution >= 4 is 58.7 Å². The molecule has 1 aliphatic rings. The van der Waals surface area contributed by atoms with Gasteiger partial charge in [0.1, 0.15) is 5.75 Å². The first kappa shape index (κ1) is 37.4. The highest BCUT2D eigenvalue weighted by Crippen LogP contribution is 2.28. The highest BCUT2D eigenvalue weighted by Gasteiger charge is 2.22. The lowest BCUT2D eigenvalue weighted by molar-refractivity contribution is -0.134. The van der Waals surface area contributed by atoms with E-state index in [0.717, 1.165) is 24.7 Å². The number of amides is 1. The third-order valence-electron chi connectivity index (χ3n) is 5.33. The van der Waals surface area contributed by atoms with Crippen molar-refractivity contribution in [3.63, 3.8) is 0 Å². The van der Waals surface area contributed by atoms with Crippen LogP contribution in [0.1, 0.15) is 15.9 Å². The molecule has 1 unspecified atom stereocenters. The summed E-state index contributed by atoms with van der Waals surface area (Å²) in [7, 11) is 1.48. The van der Waals surface area contributed by atoms with Crippen LogP contribution in [0.3, 0.4) is 0 Å². The number of ether oxygens (including phenoxy) is 2. The van der Waals surface area contributed by atoms with Crippen molar-refractivity contribution in [3.8, 4) is 5.75 Å². The molecular weight excluding hydrogens is 625 g/mol. The van der Waals surface area contributed by atoms with Crippen molar-refractivity contribution in [1.82, 2.24) is 10.2 Å². The van der Waals surface area contributed by atoms with Crippen molar-refractivity contribution in [2.75, 3.05) is 39.1 Å². The van der Waals surface area contributed by atoms with E-state index in [9.17, 15) is 24.0 Å². The van der Waals surface area contributed by atoms with Crippen LogP contribution >= 0.6 is 23.2 Å². The van der Waals surface area contributed by atoms with Gasteiger partial charge in [-0.05, 0) is 23.8 Å². The van der Waals surface area contributed by atoms with E-state index in [-0.39, 0.29) is 12.0 Å². The zero-order valence-electron chi connectivity index (χ0n) is 23.3. The smallest absolute Gasteiger partial charge is 0.328 e. The number of carboxylic acid groups (broad SMARTS) is 4. The molecule has 7 N–H and O–H groups in total. The van der Waals surface area contributed by atoms with Crippen LogP contribution in [0.4, 0.5) is 5.69 Å². The number of nitrogen functional groups attached to an aromatic ring is 1. The fraction of sp³-hybridized carbons (Fsp3) is 0.250. The van der Waals surface area contributed by atoms with Crippen LogP contribution in [-0.2, 0) is 30.5 Å². The normalized spacial score (nSPS) is 14.5. The van der Waals surface area contributed by atoms with Gasteiger partial charge in [0.2, 0.25) is 0 Å². The Morgan fingerprint density at radius 1 is 0.955 bits per heavy atom. The quantitative estimate of drug-likeness (QED) is 0.160. The number of hydrogen-bond acceptors (Lipinski definition) is 9. The van der Waals surface area contributed by atoms with E-state index in [2.05, 4.69) is 10.2 Å². The van der Waals surface area contributed by atoms with E-state index in [1.807, 2.05) is 24.3 Å². The third kappa shape index (κ3) is 15.6. The molecule has 1 atom stereocenters. The zero-order valence-corrected chi connectivity index (χ0v) is 24.8. The molecule has 0 aromatic heterocycles. The Morgan fingerprint density at radius 3 is 1.95 bits per heavy atom. The predicted octanol–water partition coefficient (Wildman–Crippen LogP) is 2.64. The average molecular weight is 656 g/mol. The van der Waals surface area contributed by atoms with Gasteiger partial charge < -0.3 is 41.0 Å². The number of nitrogens with one attached hydrogen (secondary N) is 1. The number of carboxylic acids is 4. The number of benzene rings is 2. The average Bonchev–Trinajstić information content (AvgIpc) is 2.97. The number of hydrogen-bond donors (Lipinski definition) is 6. The summed E-state index contributed by atoms with van der Waals surface area (Å²) in [4.78, 5) is 53.1. The van der Waals surface area contributed by atoms with Gasteiger partial charge in [0, 0.05) is 61.6 Å². The molecule has 3 rings (SSSR count). The van der Waals surface area contributed by atoms with Gasteiger partial charge in [-0.25, -0.2) is 19.2 Å². The van der Waals surface area contributed by atoms with E-state index >= 15 is 0 Å². The standard InChI is InChI=1S/C20H23Cl2N3O3.2C4H4O4/c1-27-19-9-18(23)17(22)8-16(19)20(26)24-10-15-12-25(6-7-28-15)11-13-2-4-14(21)5-3-13;2*5-3(6)1-2-4(7)8/h2-5,8-9,15H,6-7,10-12,23H2,1H3,(H,24,26);2*1-2H,(H,5,6)(H,7,8)/b;2*2-1+. The van der Waals surface area contributed by atoms with Gasteiger partial charge in [-0.2, -0.15) is 0 Å². The molecule has 1 amide bonds. The second kappa shape index (κ2) is 19.5. The summed E-state index contributed by atoms with van der Waals surface area (Å²) in [5.74, 6) is -4.93. The molecule has 1 heterocycles. The maximum absolute atomic E-state index is 12.6. The van der Waals surface area contributed by atoms with E-state index in [4.69, 9.17) is 58.8 Å². The Bertz CT molecular complexity index is 1300. The Hall–Kier alpha value is -4.63. The van der Waals surface area contributed by atoms with Crippen LogP contribution in [0.2, 0.25) is 10.0 Å². The highest BCUT2D eigenvalue weighted by molar-refractivity contribution is 6.33. The largest absolute Gasteiger partial charge is 0.496 e.